The van der Waals surface area contributed by atoms with Crippen LogP contribution in [0.2, 0.25) is 5.02 Å². The molecule has 2 N–H and O–H groups in total. The maximum atomic E-state index is 13.7. The van der Waals surface area contributed by atoms with Gasteiger partial charge in [0.1, 0.15) is 5.82 Å². The van der Waals surface area contributed by atoms with Crippen molar-refractivity contribution in [3.05, 3.63) is 23.0 Å². The van der Waals surface area contributed by atoms with E-state index in [9.17, 15) is 4.39 Å². The molecule has 3 nitrogen and oxygen atoms in total. The highest BCUT2D eigenvalue weighted by Crippen LogP contribution is 2.32. The summed E-state index contributed by atoms with van der Waals surface area (Å²) in [5.41, 5.74) is 7.38. The van der Waals surface area contributed by atoms with E-state index in [1.165, 1.54) is 31.7 Å². The van der Waals surface area contributed by atoms with E-state index in [1.807, 2.05) is 4.57 Å². The van der Waals surface area contributed by atoms with Crippen LogP contribution in [0.4, 0.5) is 10.3 Å². The molecule has 0 amide bonds. The van der Waals surface area contributed by atoms with Crippen molar-refractivity contribution in [2.75, 3.05) is 5.73 Å². The van der Waals surface area contributed by atoms with Gasteiger partial charge >= 0.3 is 0 Å². The van der Waals surface area contributed by atoms with Crippen molar-refractivity contribution in [3.63, 3.8) is 0 Å². The number of rotatable bonds is 3. The normalized spacial score (nSPS) is 22.8. The molecule has 0 saturated heterocycles. The highest BCUT2D eigenvalue weighted by Gasteiger charge is 2.19. The van der Waals surface area contributed by atoms with Gasteiger partial charge in [-0.2, -0.15) is 0 Å². The average Bonchev–Trinajstić information content (AvgIpc) is 2.72. The Morgan fingerprint density at radius 3 is 3.00 bits per heavy atom. The summed E-state index contributed by atoms with van der Waals surface area (Å²) in [5, 5.41) is 0.0910. The standard InChI is InChI=1S/C16H21ClFN3/c1-10-3-2-4-11(7-10)5-6-21-15-9-13(18)12(17)8-14(15)20-16(21)19/h8-11H,2-7H2,1H3,(H2,19,20). The molecule has 1 aliphatic carbocycles. The van der Waals surface area contributed by atoms with Gasteiger partial charge in [0, 0.05) is 12.6 Å². The van der Waals surface area contributed by atoms with Crippen LogP contribution < -0.4 is 5.73 Å². The maximum Gasteiger partial charge on any atom is 0.201 e. The Bertz CT molecular complexity index is 652. The van der Waals surface area contributed by atoms with Gasteiger partial charge in [0.15, 0.2) is 0 Å². The number of benzene rings is 1. The molecule has 1 saturated carbocycles. The van der Waals surface area contributed by atoms with Crippen molar-refractivity contribution < 1.29 is 4.39 Å². The third-order valence-electron chi connectivity index (χ3n) is 4.63. The molecule has 1 aromatic heterocycles. The van der Waals surface area contributed by atoms with Crippen LogP contribution >= 0.6 is 11.6 Å². The molecule has 5 heteroatoms. The topological polar surface area (TPSA) is 43.8 Å². The van der Waals surface area contributed by atoms with E-state index in [4.69, 9.17) is 17.3 Å². The molecule has 3 rings (SSSR count). The molecule has 0 aliphatic heterocycles. The van der Waals surface area contributed by atoms with Crippen molar-refractivity contribution >= 4 is 28.6 Å². The molecule has 1 aromatic carbocycles. The highest BCUT2D eigenvalue weighted by atomic mass is 35.5. The van der Waals surface area contributed by atoms with Gasteiger partial charge in [0.05, 0.1) is 16.1 Å². The summed E-state index contributed by atoms with van der Waals surface area (Å²) in [4.78, 5) is 4.28. The number of fused-ring (bicyclic) bond motifs is 1. The first-order chi connectivity index (χ1) is 10.0. The van der Waals surface area contributed by atoms with Crippen molar-refractivity contribution in [2.24, 2.45) is 11.8 Å². The second kappa shape index (κ2) is 5.84. The lowest BCUT2D eigenvalue weighted by Crippen LogP contribution is -2.16. The summed E-state index contributed by atoms with van der Waals surface area (Å²) in [7, 11) is 0. The van der Waals surface area contributed by atoms with Crippen LogP contribution in [0.25, 0.3) is 11.0 Å². The number of imidazole rings is 1. The summed E-state index contributed by atoms with van der Waals surface area (Å²) < 4.78 is 15.6. The molecule has 2 unspecified atom stereocenters. The van der Waals surface area contributed by atoms with Crippen molar-refractivity contribution in [2.45, 2.75) is 45.6 Å². The van der Waals surface area contributed by atoms with Gasteiger partial charge < -0.3 is 10.3 Å². The lowest BCUT2D eigenvalue weighted by Gasteiger charge is -2.26. The zero-order chi connectivity index (χ0) is 15.0. The fourth-order valence-electron chi connectivity index (χ4n) is 3.51. The first-order valence-electron chi connectivity index (χ1n) is 7.65. The van der Waals surface area contributed by atoms with E-state index in [0.29, 0.717) is 11.5 Å². The number of nitrogens with two attached hydrogens (primary N) is 1. The molecule has 0 bridgehead atoms. The summed E-state index contributed by atoms with van der Waals surface area (Å²) in [6, 6.07) is 2.98. The summed E-state index contributed by atoms with van der Waals surface area (Å²) in [6.45, 7) is 3.12. The summed E-state index contributed by atoms with van der Waals surface area (Å²) in [6.07, 6.45) is 6.31. The number of aryl methyl sites for hydroxylation is 1. The largest absolute Gasteiger partial charge is 0.369 e. The number of anilines is 1. The van der Waals surface area contributed by atoms with Gasteiger partial charge in [-0.15, -0.1) is 0 Å². The zero-order valence-electron chi connectivity index (χ0n) is 12.3. The summed E-state index contributed by atoms with van der Waals surface area (Å²) in [5.74, 6) is 1.58. The van der Waals surface area contributed by atoms with Gasteiger partial charge in [-0.1, -0.05) is 37.8 Å². The van der Waals surface area contributed by atoms with Gasteiger partial charge in [-0.05, 0) is 30.7 Å². The molecule has 2 aromatic rings. The minimum atomic E-state index is -0.420. The van der Waals surface area contributed by atoms with Crippen LogP contribution in [0.1, 0.15) is 39.0 Å². The van der Waals surface area contributed by atoms with E-state index in [-0.39, 0.29) is 5.02 Å². The minimum absolute atomic E-state index is 0.0910. The molecule has 1 fully saturated rings. The molecule has 0 radical (unpaired) electrons. The number of nitrogens with zero attached hydrogens (tertiary/aromatic N) is 2. The van der Waals surface area contributed by atoms with Crippen molar-refractivity contribution in [3.8, 4) is 0 Å². The molecule has 1 aliphatic rings. The quantitative estimate of drug-likeness (QED) is 0.898. The van der Waals surface area contributed by atoms with Gasteiger partial charge in [-0.25, -0.2) is 9.37 Å². The van der Waals surface area contributed by atoms with E-state index in [0.717, 1.165) is 30.3 Å². The van der Waals surface area contributed by atoms with Crippen LogP contribution in [-0.4, -0.2) is 9.55 Å². The van der Waals surface area contributed by atoms with Crippen molar-refractivity contribution in [1.82, 2.24) is 9.55 Å². The summed E-state index contributed by atoms with van der Waals surface area (Å²) >= 11 is 5.80. The Balaban J connectivity index is 1.80. The fraction of sp³-hybridized carbons (Fsp3) is 0.562. The first-order valence-corrected chi connectivity index (χ1v) is 8.03. The van der Waals surface area contributed by atoms with E-state index in [1.54, 1.807) is 6.07 Å². The van der Waals surface area contributed by atoms with Gasteiger partial charge in [0.25, 0.3) is 0 Å². The third kappa shape index (κ3) is 3.00. The number of halogens is 2. The molecular weight excluding hydrogens is 289 g/mol. The number of nitrogen functional groups attached to an aromatic ring is 1. The van der Waals surface area contributed by atoms with E-state index < -0.39 is 5.82 Å². The second-order valence-electron chi connectivity index (χ2n) is 6.30. The minimum Gasteiger partial charge on any atom is -0.369 e. The van der Waals surface area contributed by atoms with Crippen molar-refractivity contribution in [1.29, 1.82) is 0 Å². The maximum absolute atomic E-state index is 13.7. The van der Waals surface area contributed by atoms with Crippen LogP contribution in [0.3, 0.4) is 0 Å². The molecular formula is C16H21ClFN3. The predicted molar refractivity (Wildman–Crippen MR) is 84.9 cm³/mol. The second-order valence-corrected chi connectivity index (χ2v) is 6.71. The molecule has 0 spiro atoms. The Hall–Kier alpha value is -1.29. The van der Waals surface area contributed by atoms with Crippen LogP contribution in [0.5, 0.6) is 0 Å². The lowest BCUT2D eigenvalue weighted by molar-refractivity contribution is 0.262. The molecule has 114 valence electrons. The van der Waals surface area contributed by atoms with Crippen LogP contribution in [0.15, 0.2) is 12.1 Å². The number of aromatic nitrogens is 2. The smallest absolute Gasteiger partial charge is 0.201 e. The first kappa shape index (κ1) is 14.6. The van der Waals surface area contributed by atoms with Crippen LogP contribution in [0, 0.1) is 17.7 Å². The third-order valence-corrected chi connectivity index (χ3v) is 4.92. The van der Waals surface area contributed by atoms with Crippen LogP contribution in [-0.2, 0) is 6.54 Å². The zero-order valence-corrected chi connectivity index (χ0v) is 13.0. The molecule has 21 heavy (non-hydrogen) atoms. The highest BCUT2D eigenvalue weighted by molar-refractivity contribution is 6.31. The Morgan fingerprint density at radius 2 is 2.24 bits per heavy atom. The lowest BCUT2D eigenvalue weighted by atomic mass is 9.81. The van der Waals surface area contributed by atoms with E-state index >= 15 is 0 Å². The Morgan fingerprint density at radius 1 is 1.43 bits per heavy atom. The molecule has 1 heterocycles. The van der Waals surface area contributed by atoms with Gasteiger partial charge in [0.2, 0.25) is 5.95 Å². The van der Waals surface area contributed by atoms with Gasteiger partial charge in [-0.3, -0.25) is 0 Å². The Labute approximate surface area is 129 Å². The Kier molecular flexibility index (Phi) is 4.07. The number of hydrogen-bond acceptors (Lipinski definition) is 2. The number of hydrogen-bond donors (Lipinski definition) is 1. The predicted octanol–water partition coefficient (Wildman–Crippen LogP) is 4.63. The molecule has 2 atom stereocenters. The average molecular weight is 310 g/mol. The fourth-order valence-corrected chi connectivity index (χ4v) is 3.67. The van der Waals surface area contributed by atoms with E-state index in [2.05, 4.69) is 11.9 Å². The monoisotopic (exact) mass is 309 g/mol. The SMILES string of the molecule is CC1CCCC(CCn2c(N)nc3cc(Cl)c(F)cc32)C1.